The Hall–Kier alpha value is -1.35. The lowest BCUT2D eigenvalue weighted by atomic mass is 9.99. The van der Waals surface area contributed by atoms with E-state index in [1.54, 1.807) is 6.92 Å². The molecule has 0 spiro atoms. The van der Waals surface area contributed by atoms with E-state index in [0.29, 0.717) is 6.42 Å². The molecule has 0 aliphatic heterocycles. The van der Waals surface area contributed by atoms with Crippen LogP contribution < -0.4 is 10.6 Å². The summed E-state index contributed by atoms with van der Waals surface area (Å²) in [4.78, 5) is 22.6. The first-order valence-corrected chi connectivity index (χ1v) is 7.90. The lowest BCUT2D eigenvalue weighted by molar-refractivity contribution is -0.140. The number of aliphatic carboxylic acids is 1. The van der Waals surface area contributed by atoms with Crippen molar-refractivity contribution in [3.05, 3.63) is 0 Å². The van der Waals surface area contributed by atoms with Gasteiger partial charge in [0.15, 0.2) is 0 Å². The Kier molecular flexibility index (Phi) is 7.51. The van der Waals surface area contributed by atoms with Crippen LogP contribution >= 0.6 is 0 Å². The molecule has 2 atom stereocenters. The number of carbonyl (C=O) groups excluding carboxylic acids is 1. The molecule has 3 N–H and O–H groups in total. The van der Waals surface area contributed by atoms with Crippen LogP contribution in [-0.2, 0) is 14.8 Å². The molecule has 0 saturated heterocycles. The maximum Gasteiger partial charge on any atom is 0.326 e. The minimum Gasteiger partial charge on any atom is -0.480 e. The van der Waals surface area contributed by atoms with Crippen LogP contribution in [0.3, 0.4) is 0 Å². The predicted octanol–water partition coefficient (Wildman–Crippen LogP) is -0.324. The maximum absolute atomic E-state index is 11.5. The minimum absolute atomic E-state index is 0.0841. The summed E-state index contributed by atoms with van der Waals surface area (Å²) in [7, 11) is -0.582. The van der Waals surface area contributed by atoms with Crippen LogP contribution in [0, 0.1) is 5.92 Å². The van der Waals surface area contributed by atoms with Gasteiger partial charge in [-0.05, 0) is 5.92 Å². The largest absolute Gasteiger partial charge is 0.480 e. The molecule has 0 aliphatic carbocycles. The maximum atomic E-state index is 11.5. The van der Waals surface area contributed by atoms with Crippen molar-refractivity contribution in [3.8, 4) is 0 Å². The highest BCUT2D eigenvalue weighted by atomic mass is 32.2. The summed E-state index contributed by atoms with van der Waals surface area (Å²) in [5.74, 6) is -1.58. The lowest BCUT2D eigenvalue weighted by Crippen LogP contribution is -2.50. The number of urea groups is 1. The van der Waals surface area contributed by atoms with Crippen LogP contribution in [-0.4, -0.2) is 62.3 Å². The van der Waals surface area contributed by atoms with Gasteiger partial charge >= 0.3 is 12.0 Å². The fourth-order valence-corrected chi connectivity index (χ4v) is 2.08. The number of sulfonamides is 1. The molecule has 0 rings (SSSR count). The Morgan fingerprint density at radius 1 is 1.30 bits per heavy atom. The second-order valence-corrected chi connectivity index (χ2v) is 7.00. The summed E-state index contributed by atoms with van der Waals surface area (Å²) >= 11 is 0. The highest BCUT2D eigenvalue weighted by Crippen LogP contribution is 2.07. The van der Waals surface area contributed by atoms with Crippen LogP contribution in [0.5, 0.6) is 0 Å². The topological polar surface area (TPSA) is 116 Å². The molecule has 0 bridgehead atoms. The molecule has 8 nitrogen and oxygen atoms in total. The van der Waals surface area contributed by atoms with E-state index in [4.69, 9.17) is 5.11 Å². The molecular formula is C11H23N3O5S. The van der Waals surface area contributed by atoms with Gasteiger partial charge in [-0.25, -0.2) is 22.3 Å². The third-order valence-electron chi connectivity index (χ3n) is 2.97. The van der Waals surface area contributed by atoms with Crippen molar-refractivity contribution in [2.75, 3.05) is 26.4 Å². The fraction of sp³-hybridized carbons (Fsp3) is 0.818. The van der Waals surface area contributed by atoms with Crippen LogP contribution in [0.4, 0.5) is 4.79 Å². The SMILES string of the molecule is CCC(C)C(NC(=O)NCCS(=O)(=O)N(C)C)C(=O)O. The van der Waals surface area contributed by atoms with E-state index in [1.807, 2.05) is 6.92 Å². The summed E-state index contributed by atoms with van der Waals surface area (Å²) in [6.07, 6.45) is 0.603. The van der Waals surface area contributed by atoms with E-state index >= 15 is 0 Å². The van der Waals surface area contributed by atoms with E-state index in [2.05, 4.69) is 10.6 Å². The van der Waals surface area contributed by atoms with Gasteiger partial charge in [0.25, 0.3) is 0 Å². The van der Waals surface area contributed by atoms with E-state index in [9.17, 15) is 18.0 Å². The molecule has 0 aliphatic rings. The highest BCUT2D eigenvalue weighted by molar-refractivity contribution is 7.89. The summed E-state index contributed by atoms with van der Waals surface area (Å²) < 4.78 is 24.0. The zero-order chi connectivity index (χ0) is 15.9. The zero-order valence-electron chi connectivity index (χ0n) is 12.2. The minimum atomic E-state index is -3.39. The number of amides is 2. The third kappa shape index (κ3) is 6.20. The number of rotatable bonds is 8. The molecular weight excluding hydrogens is 286 g/mol. The van der Waals surface area contributed by atoms with Crippen molar-refractivity contribution in [1.82, 2.24) is 14.9 Å². The predicted molar refractivity (Wildman–Crippen MR) is 74.9 cm³/mol. The van der Waals surface area contributed by atoms with Gasteiger partial charge in [0, 0.05) is 20.6 Å². The Morgan fingerprint density at radius 2 is 1.85 bits per heavy atom. The lowest BCUT2D eigenvalue weighted by Gasteiger charge is -2.20. The van der Waals surface area contributed by atoms with E-state index in [0.717, 1.165) is 4.31 Å². The molecule has 0 radical (unpaired) electrons. The normalized spacial score (nSPS) is 14.7. The van der Waals surface area contributed by atoms with Crippen LogP contribution in [0.1, 0.15) is 20.3 Å². The standard InChI is InChI=1S/C11H23N3O5S/c1-5-8(2)9(10(15)16)13-11(17)12-6-7-20(18,19)14(3)4/h8-9H,5-7H2,1-4H3,(H,15,16)(H2,12,13,17). The van der Waals surface area contributed by atoms with Crippen molar-refractivity contribution < 1.29 is 23.1 Å². The Morgan fingerprint density at radius 3 is 2.25 bits per heavy atom. The molecule has 2 unspecified atom stereocenters. The van der Waals surface area contributed by atoms with Crippen LogP contribution in [0.15, 0.2) is 0 Å². The van der Waals surface area contributed by atoms with Crippen molar-refractivity contribution >= 4 is 22.0 Å². The van der Waals surface area contributed by atoms with Gasteiger partial charge in [0.05, 0.1) is 5.75 Å². The van der Waals surface area contributed by atoms with E-state index in [1.165, 1.54) is 14.1 Å². The Labute approximate surface area is 119 Å². The van der Waals surface area contributed by atoms with Crippen molar-refractivity contribution in [2.24, 2.45) is 5.92 Å². The number of carboxylic acids is 1. The molecule has 0 aromatic heterocycles. The number of carboxylic acid groups (broad SMARTS) is 1. The Balaban J connectivity index is 4.33. The van der Waals surface area contributed by atoms with Crippen molar-refractivity contribution in [3.63, 3.8) is 0 Å². The van der Waals surface area contributed by atoms with Gasteiger partial charge in [0.1, 0.15) is 6.04 Å². The number of nitrogens with one attached hydrogen (secondary N) is 2. The number of nitrogens with zero attached hydrogens (tertiary/aromatic N) is 1. The first kappa shape index (κ1) is 18.7. The first-order chi connectivity index (χ1) is 9.11. The second kappa shape index (κ2) is 8.05. The van der Waals surface area contributed by atoms with E-state index in [-0.39, 0.29) is 18.2 Å². The molecule has 0 aromatic carbocycles. The smallest absolute Gasteiger partial charge is 0.326 e. The monoisotopic (exact) mass is 309 g/mol. The van der Waals surface area contributed by atoms with E-state index < -0.39 is 28.1 Å². The molecule has 2 amide bonds. The highest BCUT2D eigenvalue weighted by Gasteiger charge is 2.25. The molecule has 0 heterocycles. The quantitative estimate of drug-likeness (QED) is 0.568. The molecule has 0 saturated carbocycles. The molecule has 0 fully saturated rings. The second-order valence-electron chi connectivity index (χ2n) is 4.70. The average molecular weight is 309 g/mol. The van der Waals surface area contributed by atoms with Gasteiger partial charge in [-0.15, -0.1) is 0 Å². The number of carbonyl (C=O) groups is 2. The molecule has 20 heavy (non-hydrogen) atoms. The summed E-state index contributed by atoms with van der Waals surface area (Å²) in [6.45, 7) is 3.46. The summed E-state index contributed by atoms with van der Waals surface area (Å²) in [5, 5.41) is 13.7. The molecule has 9 heteroatoms. The van der Waals surface area contributed by atoms with Gasteiger partial charge in [-0.3, -0.25) is 0 Å². The Bertz CT molecular complexity index is 435. The van der Waals surface area contributed by atoms with Gasteiger partial charge in [-0.1, -0.05) is 20.3 Å². The van der Waals surface area contributed by atoms with Crippen molar-refractivity contribution in [2.45, 2.75) is 26.3 Å². The third-order valence-corrected chi connectivity index (χ3v) is 4.80. The summed E-state index contributed by atoms with van der Waals surface area (Å²) in [6, 6.07) is -1.68. The summed E-state index contributed by atoms with van der Waals surface area (Å²) in [5.41, 5.74) is 0. The first-order valence-electron chi connectivity index (χ1n) is 6.29. The number of hydrogen-bond acceptors (Lipinski definition) is 4. The van der Waals surface area contributed by atoms with Crippen molar-refractivity contribution in [1.29, 1.82) is 0 Å². The fourth-order valence-electron chi connectivity index (χ4n) is 1.35. The van der Waals surface area contributed by atoms with Gasteiger partial charge < -0.3 is 15.7 Å². The number of hydrogen-bond donors (Lipinski definition) is 3. The van der Waals surface area contributed by atoms with Gasteiger partial charge in [0.2, 0.25) is 10.0 Å². The average Bonchev–Trinajstić information content (AvgIpc) is 2.34. The van der Waals surface area contributed by atoms with Crippen LogP contribution in [0.2, 0.25) is 0 Å². The molecule has 0 aromatic rings. The molecule has 118 valence electrons. The van der Waals surface area contributed by atoms with Gasteiger partial charge in [-0.2, -0.15) is 0 Å². The van der Waals surface area contributed by atoms with Crippen LogP contribution in [0.25, 0.3) is 0 Å². The zero-order valence-corrected chi connectivity index (χ0v) is 13.0.